The molecule has 1 amide bonds. The molecule has 0 aromatic rings. The number of hydrogen-bond donors (Lipinski definition) is 2. The van der Waals surface area contributed by atoms with Crippen molar-refractivity contribution in [2.24, 2.45) is 5.73 Å². The summed E-state index contributed by atoms with van der Waals surface area (Å²) in [6.45, 7) is 0.299. The van der Waals surface area contributed by atoms with Crippen molar-refractivity contribution in [3.05, 3.63) is 24.2 Å². The van der Waals surface area contributed by atoms with Crippen LogP contribution in [0, 0.1) is 0 Å². The highest BCUT2D eigenvalue weighted by molar-refractivity contribution is 5.80. The van der Waals surface area contributed by atoms with Crippen molar-refractivity contribution in [3.63, 3.8) is 0 Å². The van der Waals surface area contributed by atoms with Crippen molar-refractivity contribution in [2.75, 3.05) is 6.61 Å². The van der Waals surface area contributed by atoms with Crippen LogP contribution >= 0.6 is 0 Å². The van der Waals surface area contributed by atoms with Gasteiger partial charge < -0.3 is 15.9 Å². The molecule has 0 saturated heterocycles. The number of amides is 1. The van der Waals surface area contributed by atoms with Crippen LogP contribution in [-0.2, 0) is 9.53 Å². The van der Waals surface area contributed by atoms with E-state index in [9.17, 15) is 4.79 Å². The van der Waals surface area contributed by atoms with Crippen molar-refractivity contribution < 1.29 is 9.53 Å². The summed E-state index contributed by atoms with van der Waals surface area (Å²) in [6.07, 6.45) is 5.14. The molecule has 0 aliphatic carbocycles. The molecule has 1 atom stereocenters. The predicted octanol–water partition coefficient (Wildman–Crippen LogP) is -0.954. The molecule has 0 aromatic carbocycles. The first kappa shape index (κ1) is 7.02. The highest BCUT2D eigenvalue weighted by Crippen LogP contribution is 2.17. The second-order valence-electron chi connectivity index (χ2n) is 2.63. The summed E-state index contributed by atoms with van der Waals surface area (Å²) >= 11 is 0. The summed E-state index contributed by atoms with van der Waals surface area (Å²) in [5, 5.41) is 1.69. The largest absolute Gasteiger partial charge is 0.496 e. The Morgan fingerprint density at radius 2 is 2.67 bits per heavy atom. The topological polar surface area (TPSA) is 67.6 Å². The predicted molar refractivity (Wildman–Crippen MR) is 41.1 cm³/mol. The van der Waals surface area contributed by atoms with E-state index >= 15 is 0 Å². The highest BCUT2D eigenvalue weighted by atomic mass is 16.5. The van der Waals surface area contributed by atoms with Gasteiger partial charge in [0.1, 0.15) is 12.9 Å². The highest BCUT2D eigenvalue weighted by Gasteiger charge is 2.30. The zero-order chi connectivity index (χ0) is 8.55. The third kappa shape index (κ3) is 0.903. The Bertz CT molecular complexity index is 272. The van der Waals surface area contributed by atoms with E-state index in [1.807, 2.05) is 6.08 Å². The average Bonchev–Trinajstić information content (AvgIpc) is 2.49. The standard InChI is InChI=1S/C7H9N3O2/c8-7(11)6-4-12-3-5-1-2-9-10(5)6/h1-3,6,9H,4H2,(H2,8,11). The van der Waals surface area contributed by atoms with Gasteiger partial charge in [0, 0.05) is 6.20 Å². The van der Waals surface area contributed by atoms with Gasteiger partial charge in [-0.05, 0) is 6.08 Å². The van der Waals surface area contributed by atoms with Crippen LogP contribution in [0.3, 0.4) is 0 Å². The number of ether oxygens (including phenoxy) is 1. The van der Waals surface area contributed by atoms with Crippen LogP contribution in [0.5, 0.6) is 0 Å². The zero-order valence-corrected chi connectivity index (χ0v) is 6.36. The Morgan fingerprint density at radius 1 is 1.83 bits per heavy atom. The molecule has 2 aliphatic heterocycles. The molecule has 0 spiro atoms. The minimum absolute atomic E-state index is 0.299. The van der Waals surface area contributed by atoms with Crippen LogP contribution in [0.15, 0.2) is 24.2 Å². The SMILES string of the molecule is NC(=O)C1COC=C2C=CNN21. The molecule has 1 unspecified atom stereocenters. The van der Waals surface area contributed by atoms with Gasteiger partial charge in [-0.2, -0.15) is 0 Å². The van der Waals surface area contributed by atoms with Gasteiger partial charge in [0.25, 0.3) is 0 Å². The molecule has 2 aliphatic rings. The molecule has 5 heteroatoms. The molecule has 0 saturated carbocycles. The summed E-state index contributed by atoms with van der Waals surface area (Å²) in [5.41, 5.74) is 8.89. The number of hydrogen-bond acceptors (Lipinski definition) is 4. The van der Waals surface area contributed by atoms with E-state index in [1.165, 1.54) is 0 Å². The minimum atomic E-state index is -0.417. The maximum atomic E-state index is 10.9. The first-order valence-corrected chi connectivity index (χ1v) is 3.62. The van der Waals surface area contributed by atoms with Crippen LogP contribution in [-0.4, -0.2) is 23.6 Å². The summed E-state index contributed by atoms with van der Waals surface area (Å²) in [6, 6.07) is -0.417. The van der Waals surface area contributed by atoms with Crippen LogP contribution in [0.4, 0.5) is 0 Å². The van der Waals surface area contributed by atoms with E-state index in [1.54, 1.807) is 17.5 Å². The number of nitrogens with one attached hydrogen (secondary N) is 1. The number of hydrazine groups is 1. The maximum Gasteiger partial charge on any atom is 0.245 e. The number of fused-ring (bicyclic) bond motifs is 1. The lowest BCUT2D eigenvalue weighted by molar-refractivity contribution is -0.125. The second kappa shape index (κ2) is 2.44. The van der Waals surface area contributed by atoms with E-state index in [2.05, 4.69) is 5.43 Å². The summed E-state index contributed by atoms with van der Waals surface area (Å²) in [7, 11) is 0. The van der Waals surface area contributed by atoms with E-state index < -0.39 is 11.9 Å². The monoisotopic (exact) mass is 167 g/mol. The fraction of sp³-hybridized carbons (Fsp3) is 0.286. The van der Waals surface area contributed by atoms with E-state index in [0.717, 1.165) is 5.70 Å². The Kier molecular flexibility index (Phi) is 1.43. The fourth-order valence-electron chi connectivity index (χ4n) is 1.23. The first-order chi connectivity index (χ1) is 5.79. The second-order valence-corrected chi connectivity index (χ2v) is 2.63. The first-order valence-electron chi connectivity index (χ1n) is 3.62. The van der Waals surface area contributed by atoms with Crippen molar-refractivity contribution in [1.82, 2.24) is 10.4 Å². The fourth-order valence-corrected chi connectivity index (χ4v) is 1.23. The van der Waals surface area contributed by atoms with Crippen molar-refractivity contribution in [1.29, 1.82) is 0 Å². The number of primary amides is 1. The van der Waals surface area contributed by atoms with Gasteiger partial charge in [-0.25, -0.2) is 0 Å². The van der Waals surface area contributed by atoms with E-state index in [0.29, 0.717) is 6.61 Å². The smallest absolute Gasteiger partial charge is 0.245 e. The van der Waals surface area contributed by atoms with Gasteiger partial charge in [-0.1, -0.05) is 0 Å². The summed E-state index contributed by atoms with van der Waals surface area (Å²) in [4.78, 5) is 10.9. The molecule has 0 fully saturated rings. The quantitative estimate of drug-likeness (QED) is 0.528. The Balaban J connectivity index is 2.22. The summed E-state index contributed by atoms with van der Waals surface area (Å²) in [5.74, 6) is -0.392. The van der Waals surface area contributed by atoms with Crippen LogP contribution in [0.25, 0.3) is 0 Å². The number of nitrogens with zero attached hydrogens (tertiary/aromatic N) is 1. The van der Waals surface area contributed by atoms with Gasteiger partial charge >= 0.3 is 0 Å². The third-order valence-corrected chi connectivity index (χ3v) is 1.84. The minimum Gasteiger partial charge on any atom is -0.496 e. The number of allylic oxidation sites excluding steroid dienone is 1. The molecule has 0 radical (unpaired) electrons. The van der Waals surface area contributed by atoms with Gasteiger partial charge in [0.15, 0.2) is 6.04 Å². The molecular weight excluding hydrogens is 158 g/mol. The summed E-state index contributed by atoms with van der Waals surface area (Å²) < 4.78 is 5.06. The third-order valence-electron chi connectivity index (χ3n) is 1.84. The van der Waals surface area contributed by atoms with Crippen LogP contribution in [0.1, 0.15) is 0 Å². The number of carbonyl (C=O) groups is 1. The van der Waals surface area contributed by atoms with Crippen molar-refractivity contribution in [2.45, 2.75) is 6.04 Å². The lowest BCUT2D eigenvalue weighted by Crippen LogP contribution is -2.51. The lowest BCUT2D eigenvalue weighted by atomic mass is 10.2. The van der Waals surface area contributed by atoms with Crippen molar-refractivity contribution >= 4 is 5.91 Å². The molecule has 3 N–H and O–H groups in total. The van der Waals surface area contributed by atoms with Gasteiger partial charge in [-0.3, -0.25) is 9.80 Å². The molecule has 2 rings (SSSR count). The van der Waals surface area contributed by atoms with Gasteiger partial charge in [-0.15, -0.1) is 0 Å². The normalized spacial score (nSPS) is 25.5. The molecule has 0 bridgehead atoms. The molecule has 5 nitrogen and oxygen atoms in total. The van der Waals surface area contributed by atoms with E-state index in [-0.39, 0.29) is 0 Å². The van der Waals surface area contributed by atoms with Crippen LogP contribution < -0.4 is 11.2 Å². The molecule has 2 heterocycles. The molecule has 12 heavy (non-hydrogen) atoms. The van der Waals surface area contributed by atoms with E-state index in [4.69, 9.17) is 10.5 Å². The maximum absolute atomic E-state index is 10.9. The van der Waals surface area contributed by atoms with Crippen molar-refractivity contribution in [3.8, 4) is 0 Å². The Morgan fingerprint density at radius 3 is 3.42 bits per heavy atom. The number of nitrogens with two attached hydrogens (primary N) is 1. The molecular formula is C7H9N3O2. The number of rotatable bonds is 1. The average molecular weight is 167 g/mol. The van der Waals surface area contributed by atoms with Gasteiger partial charge in [0.2, 0.25) is 5.91 Å². The van der Waals surface area contributed by atoms with Gasteiger partial charge in [0.05, 0.1) is 5.70 Å². The Hall–Kier alpha value is -1.65. The lowest BCUT2D eigenvalue weighted by Gasteiger charge is -2.30. The molecule has 64 valence electrons. The number of carbonyl (C=O) groups excluding carboxylic acids is 1. The zero-order valence-electron chi connectivity index (χ0n) is 6.36. The van der Waals surface area contributed by atoms with Crippen LogP contribution in [0.2, 0.25) is 0 Å². The molecule has 0 aromatic heterocycles. The Labute approximate surface area is 69.4 Å².